The van der Waals surface area contributed by atoms with Crippen molar-refractivity contribution in [2.24, 2.45) is 0 Å². The van der Waals surface area contributed by atoms with E-state index in [1.54, 1.807) is 19.3 Å². The Labute approximate surface area is 114 Å². The summed E-state index contributed by atoms with van der Waals surface area (Å²) in [5.74, 6) is 0.644. The van der Waals surface area contributed by atoms with Gasteiger partial charge in [0.2, 0.25) is 0 Å². The topological polar surface area (TPSA) is 54.5 Å². The normalized spacial score (nSPS) is 23.2. The highest BCUT2D eigenvalue weighted by Gasteiger charge is 2.27. The predicted octanol–water partition coefficient (Wildman–Crippen LogP) is 1.44. The summed E-state index contributed by atoms with van der Waals surface area (Å²) in [7, 11) is 1.63. The lowest BCUT2D eigenvalue weighted by atomic mass is 10.1. The summed E-state index contributed by atoms with van der Waals surface area (Å²) in [6.45, 7) is 5.70. The van der Waals surface area contributed by atoms with E-state index in [0.717, 1.165) is 25.3 Å². The zero-order chi connectivity index (χ0) is 13.8. The lowest BCUT2D eigenvalue weighted by Crippen LogP contribution is -2.47. The summed E-state index contributed by atoms with van der Waals surface area (Å²) in [6, 6.07) is 3.59. The molecule has 1 aromatic heterocycles. The fourth-order valence-electron chi connectivity index (χ4n) is 2.40. The smallest absolute Gasteiger partial charge is 0.254 e. The van der Waals surface area contributed by atoms with Crippen LogP contribution in [0.3, 0.4) is 0 Å². The van der Waals surface area contributed by atoms with Gasteiger partial charge in [0.1, 0.15) is 5.82 Å². The number of aromatic nitrogens is 1. The monoisotopic (exact) mass is 263 g/mol. The largest absolute Gasteiger partial charge is 0.372 e. The van der Waals surface area contributed by atoms with Gasteiger partial charge in [-0.1, -0.05) is 6.92 Å². The lowest BCUT2D eigenvalue weighted by Gasteiger charge is -2.37. The van der Waals surface area contributed by atoms with Gasteiger partial charge in [0.25, 0.3) is 5.91 Å². The Hall–Kier alpha value is -1.62. The van der Waals surface area contributed by atoms with Crippen LogP contribution < -0.4 is 10.2 Å². The standard InChI is InChI=1S/C14H21N3O2/c1-4-11-9-17(8-10(2)19-11)13-12(14(18)15-3)6-5-7-16-13/h5-7,10-11H,4,8-9H2,1-3H3,(H,15,18). The third-order valence-electron chi connectivity index (χ3n) is 3.34. The van der Waals surface area contributed by atoms with Crippen molar-refractivity contribution < 1.29 is 9.53 Å². The molecule has 104 valence electrons. The molecule has 1 fully saturated rings. The average Bonchev–Trinajstić information content (AvgIpc) is 2.45. The zero-order valence-corrected chi connectivity index (χ0v) is 11.7. The molecule has 1 aliphatic rings. The molecule has 0 spiro atoms. The molecule has 2 unspecified atom stereocenters. The Kier molecular flexibility index (Phi) is 4.37. The van der Waals surface area contributed by atoms with Crippen molar-refractivity contribution in [3.63, 3.8) is 0 Å². The van der Waals surface area contributed by atoms with Crippen LogP contribution in [0.2, 0.25) is 0 Å². The number of anilines is 1. The van der Waals surface area contributed by atoms with Gasteiger partial charge in [-0.2, -0.15) is 0 Å². The number of hydrogen-bond donors (Lipinski definition) is 1. The van der Waals surface area contributed by atoms with Gasteiger partial charge in [-0.3, -0.25) is 4.79 Å². The molecule has 2 atom stereocenters. The molecule has 5 nitrogen and oxygen atoms in total. The fourth-order valence-corrected chi connectivity index (χ4v) is 2.40. The molecule has 19 heavy (non-hydrogen) atoms. The maximum atomic E-state index is 11.9. The van der Waals surface area contributed by atoms with Crippen LogP contribution in [0, 0.1) is 0 Å². The molecule has 2 heterocycles. The molecule has 1 aliphatic heterocycles. The van der Waals surface area contributed by atoms with E-state index in [2.05, 4.69) is 29.0 Å². The van der Waals surface area contributed by atoms with Gasteiger partial charge < -0.3 is 15.0 Å². The van der Waals surface area contributed by atoms with Crippen LogP contribution in [0.5, 0.6) is 0 Å². The first-order valence-electron chi connectivity index (χ1n) is 6.73. The number of pyridine rings is 1. The number of nitrogens with one attached hydrogen (secondary N) is 1. The summed E-state index contributed by atoms with van der Waals surface area (Å²) in [6.07, 6.45) is 3.03. The molecule has 0 saturated carbocycles. The molecule has 1 amide bonds. The number of amides is 1. The molecule has 0 radical (unpaired) electrons. The van der Waals surface area contributed by atoms with E-state index in [9.17, 15) is 4.79 Å². The molecule has 0 aromatic carbocycles. The highest BCUT2D eigenvalue weighted by atomic mass is 16.5. The van der Waals surface area contributed by atoms with Crippen LogP contribution >= 0.6 is 0 Å². The van der Waals surface area contributed by atoms with E-state index in [1.807, 2.05) is 6.07 Å². The minimum atomic E-state index is -0.102. The van der Waals surface area contributed by atoms with Crippen molar-refractivity contribution >= 4 is 11.7 Å². The molecule has 5 heteroatoms. The van der Waals surface area contributed by atoms with Crippen molar-refractivity contribution in [3.05, 3.63) is 23.9 Å². The van der Waals surface area contributed by atoms with E-state index in [-0.39, 0.29) is 18.1 Å². The van der Waals surface area contributed by atoms with Gasteiger partial charge in [0.05, 0.1) is 17.8 Å². The van der Waals surface area contributed by atoms with Crippen molar-refractivity contribution in [3.8, 4) is 0 Å². The van der Waals surface area contributed by atoms with Gasteiger partial charge in [0.15, 0.2) is 0 Å². The quantitative estimate of drug-likeness (QED) is 0.896. The van der Waals surface area contributed by atoms with Crippen molar-refractivity contribution in [1.29, 1.82) is 0 Å². The van der Waals surface area contributed by atoms with Crippen LogP contribution in [0.25, 0.3) is 0 Å². The van der Waals surface area contributed by atoms with E-state index < -0.39 is 0 Å². The molecule has 1 N–H and O–H groups in total. The third kappa shape index (κ3) is 3.04. The first-order valence-corrected chi connectivity index (χ1v) is 6.73. The summed E-state index contributed by atoms with van der Waals surface area (Å²) in [5, 5.41) is 2.66. The molecule has 0 bridgehead atoms. The van der Waals surface area contributed by atoms with Crippen LogP contribution in [0.4, 0.5) is 5.82 Å². The number of carbonyl (C=O) groups is 1. The minimum absolute atomic E-state index is 0.102. The summed E-state index contributed by atoms with van der Waals surface area (Å²) in [4.78, 5) is 18.4. The highest BCUT2D eigenvalue weighted by molar-refractivity contribution is 5.98. The highest BCUT2D eigenvalue weighted by Crippen LogP contribution is 2.23. The Bertz CT molecular complexity index is 450. The molecule has 1 aromatic rings. The summed E-state index contributed by atoms with van der Waals surface area (Å²) < 4.78 is 5.84. The lowest BCUT2D eigenvalue weighted by molar-refractivity contribution is -0.0175. The number of nitrogens with zero attached hydrogens (tertiary/aromatic N) is 2. The maximum absolute atomic E-state index is 11.9. The number of carbonyl (C=O) groups excluding carboxylic acids is 1. The average molecular weight is 263 g/mol. The van der Waals surface area contributed by atoms with Crippen molar-refractivity contribution in [2.45, 2.75) is 32.5 Å². The molecular weight excluding hydrogens is 242 g/mol. The van der Waals surface area contributed by atoms with Crippen molar-refractivity contribution in [1.82, 2.24) is 10.3 Å². The fraction of sp³-hybridized carbons (Fsp3) is 0.571. The Balaban J connectivity index is 2.28. The van der Waals surface area contributed by atoms with Crippen LogP contribution in [-0.2, 0) is 4.74 Å². The van der Waals surface area contributed by atoms with Crippen molar-refractivity contribution in [2.75, 3.05) is 25.0 Å². The molecule has 1 saturated heterocycles. The van der Waals surface area contributed by atoms with Crippen LogP contribution in [0.1, 0.15) is 30.6 Å². The number of morpholine rings is 1. The number of hydrogen-bond acceptors (Lipinski definition) is 4. The number of ether oxygens (including phenoxy) is 1. The third-order valence-corrected chi connectivity index (χ3v) is 3.34. The van der Waals surface area contributed by atoms with Crippen LogP contribution in [-0.4, -0.2) is 43.2 Å². The van der Waals surface area contributed by atoms with E-state index in [1.165, 1.54) is 0 Å². The summed E-state index contributed by atoms with van der Waals surface area (Å²) in [5.41, 5.74) is 0.619. The van der Waals surface area contributed by atoms with Crippen LogP contribution in [0.15, 0.2) is 18.3 Å². The van der Waals surface area contributed by atoms with Gasteiger partial charge in [-0.25, -0.2) is 4.98 Å². The molecule has 0 aliphatic carbocycles. The molecular formula is C14H21N3O2. The van der Waals surface area contributed by atoms with Gasteiger partial charge in [-0.05, 0) is 25.5 Å². The van der Waals surface area contributed by atoms with E-state index in [0.29, 0.717) is 5.56 Å². The second-order valence-electron chi connectivity index (χ2n) is 4.84. The van der Waals surface area contributed by atoms with Gasteiger partial charge in [-0.15, -0.1) is 0 Å². The predicted molar refractivity (Wildman–Crippen MR) is 74.5 cm³/mol. The Morgan fingerprint density at radius 1 is 1.58 bits per heavy atom. The second kappa shape index (κ2) is 6.02. The first-order chi connectivity index (χ1) is 9.15. The minimum Gasteiger partial charge on any atom is -0.372 e. The SMILES string of the molecule is CCC1CN(c2ncccc2C(=O)NC)CC(C)O1. The van der Waals surface area contributed by atoms with E-state index in [4.69, 9.17) is 4.74 Å². The van der Waals surface area contributed by atoms with Gasteiger partial charge >= 0.3 is 0 Å². The summed E-state index contributed by atoms with van der Waals surface area (Å²) >= 11 is 0. The number of rotatable bonds is 3. The first kappa shape index (κ1) is 13.8. The maximum Gasteiger partial charge on any atom is 0.254 e. The Morgan fingerprint density at radius 3 is 3.05 bits per heavy atom. The Morgan fingerprint density at radius 2 is 2.37 bits per heavy atom. The second-order valence-corrected chi connectivity index (χ2v) is 4.84. The van der Waals surface area contributed by atoms with Gasteiger partial charge in [0, 0.05) is 26.3 Å². The molecule has 2 rings (SSSR count). The zero-order valence-electron chi connectivity index (χ0n) is 11.7. The van der Waals surface area contributed by atoms with E-state index >= 15 is 0 Å².